The summed E-state index contributed by atoms with van der Waals surface area (Å²) in [5, 5.41) is 11.4. The SMILES string of the molecule is COc1ccc(C(=O)NCCCO)c(OC)c1C. The predicted octanol–water partition coefficient (Wildman–Crippen LogP) is 1.12. The lowest BCUT2D eigenvalue weighted by Gasteiger charge is -2.14. The van der Waals surface area contributed by atoms with Crippen LogP contribution in [0.2, 0.25) is 0 Å². The second-order valence-corrected chi connectivity index (χ2v) is 3.81. The van der Waals surface area contributed by atoms with Crippen LogP contribution < -0.4 is 14.8 Å². The number of carbonyl (C=O) groups is 1. The van der Waals surface area contributed by atoms with Gasteiger partial charge in [-0.2, -0.15) is 0 Å². The van der Waals surface area contributed by atoms with Gasteiger partial charge in [0.15, 0.2) is 0 Å². The third kappa shape index (κ3) is 3.13. The van der Waals surface area contributed by atoms with Crippen LogP contribution in [0.15, 0.2) is 12.1 Å². The number of ether oxygens (including phenoxy) is 2. The number of amides is 1. The first-order valence-electron chi connectivity index (χ1n) is 5.76. The zero-order chi connectivity index (χ0) is 13.5. The minimum Gasteiger partial charge on any atom is -0.496 e. The van der Waals surface area contributed by atoms with Crippen molar-refractivity contribution in [2.24, 2.45) is 0 Å². The van der Waals surface area contributed by atoms with Gasteiger partial charge >= 0.3 is 0 Å². The molecule has 0 bridgehead atoms. The summed E-state index contributed by atoms with van der Waals surface area (Å²) < 4.78 is 10.4. The van der Waals surface area contributed by atoms with Crippen LogP contribution in [0, 0.1) is 6.92 Å². The lowest BCUT2D eigenvalue weighted by atomic mass is 10.1. The maximum absolute atomic E-state index is 11.9. The van der Waals surface area contributed by atoms with Crippen LogP contribution in [0.5, 0.6) is 11.5 Å². The second kappa shape index (κ2) is 6.86. The summed E-state index contributed by atoms with van der Waals surface area (Å²) in [4.78, 5) is 11.9. The van der Waals surface area contributed by atoms with Crippen LogP contribution in [0.1, 0.15) is 22.3 Å². The number of methoxy groups -OCH3 is 2. The number of hydrogen-bond acceptors (Lipinski definition) is 4. The standard InChI is InChI=1S/C13H19NO4/c1-9-11(17-2)6-5-10(12(9)18-3)13(16)14-7-4-8-15/h5-6,15H,4,7-8H2,1-3H3,(H,14,16). The van der Waals surface area contributed by atoms with Crippen molar-refractivity contribution in [2.45, 2.75) is 13.3 Å². The number of carbonyl (C=O) groups excluding carboxylic acids is 1. The van der Waals surface area contributed by atoms with E-state index in [1.54, 1.807) is 19.2 Å². The van der Waals surface area contributed by atoms with Crippen molar-refractivity contribution in [1.29, 1.82) is 0 Å². The smallest absolute Gasteiger partial charge is 0.255 e. The Hall–Kier alpha value is -1.75. The van der Waals surface area contributed by atoms with Gasteiger partial charge in [0.2, 0.25) is 0 Å². The Morgan fingerprint density at radius 2 is 2.06 bits per heavy atom. The van der Waals surface area contributed by atoms with Crippen molar-refractivity contribution >= 4 is 5.91 Å². The highest BCUT2D eigenvalue weighted by atomic mass is 16.5. The van der Waals surface area contributed by atoms with E-state index in [0.29, 0.717) is 30.0 Å². The van der Waals surface area contributed by atoms with E-state index in [2.05, 4.69) is 5.32 Å². The van der Waals surface area contributed by atoms with Gasteiger partial charge in [-0.05, 0) is 25.5 Å². The van der Waals surface area contributed by atoms with Crippen molar-refractivity contribution in [1.82, 2.24) is 5.32 Å². The van der Waals surface area contributed by atoms with Gasteiger partial charge in [0.05, 0.1) is 19.8 Å². The fraction of sp³-hybridized carbons (Fsp3) is 0.462. The summed E-state index contributed by atoms with van der Waals surface area (Å²) in [5.41, 5.74) is 1.25. The lowest BCUT2D eigenvalue weighted by Crippen LogP contribution is -2.25. The van der Waals surface area contributed by atoms with Gasteiger partial charge in [-0.25, -0.2) is 0 Å². The molecule has 0 atom stereocenters. The molecule has 0 aliphatic heterocycles. The summed E-state index contributed by atoms with van der Waals surface area (Å²) in [7, 11) is 3.09. The number of aliphatic hydroxyl groups excluding tert-OH is 1. The molecule has 18 heavy (non-hydrogen) atoms. The average molecular weight is 253 g/mol. The van der Waals surface area contributed by atoms with Gasteiger partial charge in [0, 0.05) is 18.7 Å². The van der Waals surface area contributed by atoms with Crippen LogP contribution in [-0.2, 0) is 0 Å². The molecule has 0 aromatic heterocycles. The first-order chi connectivity index (χ1) is 8.65. The summed E-state index contributed by atoms with van der Waals surface area (Å²) in [6.07, 6.45) is 0.531. The van der Waals surface area contributed by atoms with Gasteiger partial charge in [-0.1, -0.05) is 0 Å². The molecule has 0 unspecified atom stereocenters. The van der Waals surface area contributed by atoms with Gasteiger partial charge in [-0.15, -0.1) is 0 Å². The van der Waals surface area contributed by atoms with Crippen molar-refractivity contribution < 1.29 is 19.4 Å². The maximum atomic E-state index is 11.9. The number of aliphatic hydroxyl groups is 1. The van der Waals surface area contributed by atoms with Crippen molar-refractivity contribution in [3.05, 3.63) is 23.3 Å². The number of hydrogen-bond donors (Lipinski definition) is 2. The lowest BCUT2D eigenvalue weighted by molar-refractivity contribution is 0.0948. The Morgan fingerprint density at radius 1 is 1.33 bits per heavy atom. The van der Waals surface area contributed by atoms with Gasteiger partial charge in [0.1, 0.15) is 11.5 Å². The van der Waals surface area contributed by atoms with Gasteiger partial charge < -0.3 is 19.9 Å². The van der Waals surface area contributed by atoms with E-state index in [0.717, 1.165) is 5.56 Å². The Labute approximate surface area is 107 Å². The van der Waals surface area contributed by atoms with Crippen molar-refractivity contribution in [3.63, 3.8) is 0 Å². The molecule has 0 aliphatic carbocycles. The normalized spacial score (nSPS) is 10.0. The van der Waals surface area contributed by atoms with E-state index in [1.807, 2.05) is 6.92 Å². The number of nitrogens with one attached hydrogen (secondary N) is 1. The summed E-state index contributed by atoms with van der Waals surface area (Å²) >= 11 is 0. The monoisotopic (exact) mass is 253 g/mol. The molecule has 0 radical (unpaired) electrons. The quantitative estimate of drug-likeness (QED) is 0.746. The predicted molar refractivity (Wildman–Crippen MR) is 68.3 cm³/mol. The van der Waals surface area contributed by atoms with E-state index in [-0.39, 0.29) is 12.5 Å². The highest BCUT2D eigenvalue weighted by Crippen LogP contribution is 2.31. The molecule has 0 aliphatic rings. The first kappa shape index (κ1) is 14.3. The Kier molecular flexibility index (Phi) is 5.45. The van der Waals surface area contributed by atoms with Crippen LogP contribution in [0.25, 0.3) is 0 Å². The minimum atomic E-state index is -0.217. The Bertz CT molecular complexity index is 418. The van der Waals surface area contributed by atoms with E-state index in [4.69, 9.17) is 14.6 Å². The molecule has 100 valence electrons. The van der Waals surface area contributed by atoms with Crippen LogP contribution in [0.4, 0.5) is 0 Å². The van der Waals surface area contributed by atoms with Crippen LogP contribution >= 0.6 is 0 Å². The van der Waals surface area contributed by atoms with Crippen molar-refractivity contribution in [2.75, 3.05) is 27.4 Å². The molecule has 0 heterocycles. The third-order valence-corrected chi connectivity index (χ3v) is 2.65. The zero-order valence-corrected chi connectivity index (χ0v) is 10.9. The Balaban J connectivity index is 2.94. The van der Waals surface area contributed by atoms with E-state index < -0.39 is 0 Å². The van der Waals surface area contributed by atoms with E-state index in [1.165, 1.54) is 7.11 Å². The minimum absolute atomic E-state index is 0.0546. The summed E-state index contributed by atoms with van der Waals surface area (Å²) in [6.45, 7) is 2.32. The number of benzene rings is 1. The fourth-order valence-corrected chi connectivity index (χ4v) is 1.71. The molecule has 1 aromatic rings. The molecule has 2 N–H and O–H groups in total. The fourth-order valence-electron chi connectivity index (χ4n) is 1.71. The molecular weight excluding hydrogens is 234 g/mol. The van der Waals surface area contributed by atoms with Gasteiger partial charge in [0.25, 0.3) is 5.91 Å². The van der Waals surface area contributed by atoms with Crippen molar-refractivity contribution in [3.8, 4) is 11.5 Å². The molecule has 1 aromatic carbocycles. The molecule has 0 saturated carbocycles. The zero-order valence-electron chi connectivity index (χ0n) is 10.9. The maximum Gasteiger partial charge on any atom is 0.255 e. The van der Waals surface area contributed by atoms with Crippen LogP contribution in [0.3, 0.4) is 0 Å². The number of rotatable bonds is 6. The second-order valence-electron chi connectivity index (χ2n) is 3.81. The molecule has 0 spiro atoms. The largest absolute Gasteiger partial charge is 0.496 e. The molecule has 5 nitrogen and oxygen atoms in total. The molecule has 1 amide bonds. The Morgan fingerprint density at radius 3 is 2.61 bits per heavy atom. The molecule has 0 saturated heterocycles. The van der Waals surface area contributed by atoms with E-state index >= 15 is 0 Å². The molecule has 0 fully saturated rings. The highest BCUT2D eigenvalue weighted by molar-refractivity contribution is 5.97. The summed E-state index contributed by atoms with van der Waals surface area (Å²) in [6, 6.07) is 3.40. The highest BCUT2D eigenvalue weighted by Gasteiger charge is 2.16. The first-order valence-corrected chi connectivity index (χ1v) is 5.76. The average Bonchev–Trinajstić information content (AvgIpc) is 2.38. The topological polar surface area (TPSA) is 67.8 Å². The van der Waals surface area contributed by atoms with Gasteiger partial charge in [-0.3, -0.25) is 4.79 Å². The molecule has 1 rings (SSSR count). The molecular formula is C13H19NO4. The molecule has 5 heteroatoms. The van der Waals surface area contributed by atoms with E-state index in [9.17, 15) is 4.79 Å². The third-order valence-electron chi connectivity index (χ3n) is 2.65. The van der Waals surface area contributed by atoms with Crippen LogP contribution in [-0.4, -0.2) is 38.4 Å². The summed E-state index contributed by atoms with van der Waals surface area (Å²) in [5.74, 6) is 0.973.